The van der Waals surface area contributed by atoms with Gasteiger partial charge in [-0.1, -0.05) is 0 Å². The van der Waals surface area contributed by atoms with Crippen LogP contribution in [0.3, 0.4) is 0 Å². The molecule has 6 heteroatoms. The smallest absolute Gasteiger partial charge is 0.406 e. The lowest BCUT2D eigenvalue weighted by Crippen LogP contribution is -2.17. The Labute approximate surface area is 84.8 Å². The molecule has 1 rings (SSSR count). The highest BCUT2D eigenvalue weighted by Crippen LogP contribution is 2.24. The van der Waals surface area contributed by atoms with Crippen LogP contribution in [0.2, 0.25) is 0 Å². The summed E-state index contributed by atoms with van der Waals surface area (Å²) in [6.07, 6.45) is -4.78. The molecular formula is C7H3F4IO. The third kappa shape index (κ3) is 3.37. The minimum absolute atomic E-state index is 0.243. The second-order valence-electron chi connectivity index (χ2n) is 2.12. The standard InChI is InChI=1S/C7H3F4IO/c8-5-3-4(1-2-6(5)12)13-7(9,10)11/h1-3H. The van der Waals surface area contributed by atoms with Crippen LogP contribution in [-0.4, -0.2) is 6.36 Å². The summed E-state index contributed by atoms with van der Waals surface area (Å²) >= 11 is 1.67. The van der Waals surface area contributed by atoms with Gasteiger partial charge in [-0.2, -0.15) is 0 Å². The molecule has 0 saturated carbocycles. The van der Waals surface area contributed by atoms with Crippen LogP contribution in [0.4, 0.5) is 17.6 Å². The first kappa shape index (κ1) is 10.6. The zero-order valence-electron chi connectivity index (χ0n) is 6.03. The summed E-state index contributed by atoms with van der Waals surface area (Å²) < 4.78 is 51.3. The van der Waals surface area contributed by atoms with Gasteiger partial charge in [-0.25, -0.2) is 4.39 Å². The van der Waals surface area contributed by atoms with E-state index >= 15 is 0 Å². The molecule has 0 aliphatic heterocycles. The van der Waals surface area contributed by atoms with Crippen molar-refractivity contribution < 1.29 is 22.3 Å². The van der Waals surface area contributed by atoms with E-state index in [0.29, 0.717) is 6.07 Å². The van der Waals surface area contributed by atoms with Crippen molar-refractivity contribution in [1.82, 2.24) is 0 Å². The molecule has 72 valence electrons. The lowest BCUT2D eigenvalue weighted by Gasteiger charge is -2.08. The van der Waals surface area contributed by atoms with Crippen molar-refractivity contribution >= 4 is 22.6 Å². The maximum atomic E-state index is 12.7. The molecule has 0 aromatic heterocycles. The average molecular weight is 306 g/mol. The number of halogens is 5. The summed E-state index contributed by atoms with van der Waals surface area (Å²) in [6.45, 7) is 0. The molecule has 0 atom stereocenters. The van der Waals surface area contributed by atoms with Crippen LogP contribution in [0.1, 0.15) is 0 Å². The second kappa shape index (κ2) is 3.69. The van der Waals surface area contributed by atoms with E-state index in [1.54, 1.807) is 22.6 Å². The van der Waals surface area contributed by atoms with Crippen molar-refractivity contribution in [3.05, 3.63) is 27.6 Å². The third-order valence-corrected chi connectivity index (χ3v) is 2.00. The lowest BCUT2D eigenvalue weighted by molar-refractivity contribution is -0.274. The first-order valence-corrected chi connectivity index (χ1v) is 4.17. The molecule has 0 aliphatic rings. The first-order valence-electron chi connectivity index (χ1n) is 3.09. The van der Waals surface area contributed by atoms with Crippen LogP contribution in [-0.2, 0) is 0 Å². The van der Waals surface area contributed by atoms with Crippen LogP contribution >= 0.6 is 22.6 Å². The Bertz CT molecular complexity index is 310. The molecule has 0 N–H and O–H groups in total. The molecule has 0 heterocycles. The van der Waals surface area contributed by atoms with Gasteiger partial charge in [0, 0.05) is 9.64 Å². The van der Waals surface area contributed by atoms with Gasteiger partial charge in [0.15, 0.2) is 0 Å². The van der Waals surface area contributed by atoms with E-state index in [-0.39, 0.29) is 3.57 Å². The first-order chi connectivity index (χ1) is 5.88. The van der Waals surface area contributed by atoms with Gasteiger partial charge in [-0.05, 0) is 34.7 Å². The number of rotatable bonds is 1. The predicted octanol–water partition coefficient (Wildman–Crippen LogP) is 3.33. The van der Waals surface area contributed by atoms with Gasteiger partial charge < -0.3 is 4.74 Å². The topological polar surface area (TPSA) is 9.23 Å². The maximum absolute atomic E-state index is 12.7. The summed E-state index contributed by atoms with van der Waals surface area (Å²) in [5, 5.41) is 0. The van der Waals surface area contributed by atoms with Gasteiger partial charge in [0.1, 0.15) is 11.6 Å². The molecule has 0 spiro atoms. The number of ether oxygens (including phenoxy) is 1. The summed E-state index contributed by atoms with van der Waals surface area (Å²) in [6, 6.07) is 2.95. The Morgan fingerprint density at radius 2 is 1.85 bits per heavy atom. The molecule has 0 unspecified atom stereocenters. The molecule has 0 saturated heterocycles. The number of hydrogen-bond acceptors (Lipinski definition) is 1. The van der Waals surface area contributed by atoms with E-state index in [4.69, 9.17) is 0 Å². The normalized spacial score (nSPS) is 11.5. The van der Waals surface area contributed by atoms with Gasteiger partial charge in [0.2, 0.25) is 0 Å². The molecule has 0 fully saturated rings. The summed E-state index contributed by atoms with van der Waals surface area (Å²) in [5.41, 5.74) is 0. The van der Waals surface area contributed by atoms with E-state index in [0.717, 1.165) is 6.07 Å². The highest BCUT2D eigenvalue weighted by Gasteiger charge is 2.31. The zero-order valence-corrected chi connectivity index (χ0v) is 8.19. The molecule has 1 aromatic rings. The van der Waals surface area contributed by atoms with E-state index in [1.807, 2.05) is 0 Å². The van der Waals surface area contributed by atoms with Crippen molar-refractivity contribution in [3.63, 3.8) is 0 Å². The zero-order chi connectivity index (χ0) is 10.1. The van der Waals surface area contributed by atoms with Crippen molar-refractivity contribution in [1.29, 1.82) is 0 Å². The fraction of sp³-hybridized carbons (Fsp3) is 0.143. The maximum Gasteiger partial charge on any atom is 0.573 e. The van der Waals surface area contributed by atoms with Crippen molar-refractivity contribution in [2.45, 2.75) is 6.36 Å². The molecule has 1 aromatic carbocycles. The van der Waals surface area contributed by atoms with E-state index in [2.05, 4.69) is 4.74 Å². The quantitative estimate of drug-likeness (QED) is 0.571. The summed E-state index contributed by atoms with van der Waals surface area (Å²) in [7, 11) is 0. The van der Waals surface area contributed by atoms with Gasteiger partial charge in [0.25, 0.3) is 0 Å². The number of benzene rings is 1. The fourth-order valence-corrected chi connectivity index (χ4v) is 1.01. The van der Waals surface area contributed by atoms with Crippen LogP contribution in [0.5, 0.6) is 5.75 Å². The fourth-order valence-electron chi connectivity index (χ4n) is 0.674. The van der Waals surface area contributed by atoms with Crippen molar-refractivity contribution in [2.75, 3.05) is 0 Å². The van der Waals surface area contributed by atoms with Gasteiger partial charge in [-0.3, -0.25) is 0 Å². The minimum Gasteiger partial charge on any atom is -0.406 e. The lowest BCUT2D eigenvalue weighted by atomic mass is 10.3. The highest BCUT2D eigenvalue weighted by molar-refractivity contribution is 14.1. The van der Waals surface area contributed by atoms with Gasteiger partial charge >= 0.3 is 6.36 Å². The Morgan fingerprint density at radius 3 is 2.31 bits per heavy atom. The second-order valence-corrected chi connectivity index (χ2v) is 3.29. The van der Waals surface area contributed by atoms with Crippen LogP contribution in [0.25, 0.3) is 0 Å². The monoisotopic (exact) mass is 306 g/mol. The van der Waals surface area contributed by atoms with E-state index in [9.17, 15) is 17.6 Å². The predicted molar refractivity (Wildman–Crippen MR) is 45.8 cm³/mol. The van der Waals surface area contributed by atoms with E-state index < -0.39 is 17.9 Å². The highest BCUT2D eigenvalue weighted by atomic mass is 127. The minimum atomic E-state index is -4.78. The van der Waals surface area contributed by atoms with Crippen molar-refractivity contribution in [3.8, 4) is 5.75 Å². The number of hydrogen-bond donors (Lipinski definition) is 0. The molecule has 0 amide bonds. The van der Waals surface area contributed by atoms with Crippen LogP contribution in [0, 0.1) is 9.39 Å². The molecule has 0 aliphatic carbocycles. The Hall–Kier alpha value is -0.530. The summed E-state index contributed by atoms with van der Waals surface area (Å²) in [5.74, 6) is -1.28. The molecule has 0 radical (unpaired) electrons. The van der Waals surface area contributed by atoms with E-state index in [1.165, 1.54) is 6.07 Å². The van der Waals surface area contributed by atoms with Crippen LogP contribution < -0.4 is 4.74 Å². The third-order valence-electron chi connectivity index (χ3n) is 1.12. The SMILES string of the molecule is Fc1cc(OC(F)(F)F)ccc1I. The molecule has 13 heavy (non-hydrogen) atoms. The summed E-state index contributed by atoms with van der Waals surface area (Å²) in [4.78, 5) is 0. The Kier molecular flexibility index (Phi) is 2.99. The van der Waals surface area contributed by atoms with Crippen LogP contribution in [0.15, 0.2) is 18.2 Å². The average Bonchev–Trinajstić information content (AvgIpc) is 1.94. The largest absolute Gasteiger partial charge is 0.573 e. The molecule has 1 nitrogen and oxygen atoms in total. The van der Waals surface area contributed by atoms with Gasteiger partial charge in [-0.15, -0.1) is 13.2 Å². The Morgan fingerprint density at radius 1 is 1.23 bits per heavy atom. The molecule has 0 bridgehead atoms. The van der Waals surface area contributed by atoms with Gasteiger partial charge in [0.05, 0.1) is 0 Å². The molecular weight excluding hydrogens is 303 g/mol. The van der Waals surface area contributed by atoms with Crippen molar-refractivity contribution in [2.24, 2.45) is 0 Å². The number of alkyl halides is 3. The Balaban J connectivity index is 2.86.